The second-order valence-corrected chi connectivity index (χ2v) is 6.01. The van der Waals surface area contributed by atoms with Crippen LogP contribution in [0, 0.1) is 11.8 Å². The van der Waals surface area contributed by atoms with Gasteiger partial charge in [0.1, 0.15) is 0 Å². The average molecular weight is 274 g/mol. The Morgan fingerprint density at radius 2 is 1.79 bits per heavy atom. The summed E-state index contributed by atoms with van der Waals surface area (Å²) in [7, 11) is 0. The normalized spacial score (nSPS) is 26.9. The molecule has 0 radical (unpaired) electrons. The number of amides is 1. The molecule has 1 saturated heterocycles. The molecular weight excluding hydrogens is 250 g/mol. The van der Waals surface area contributed by atoms with Gasteiger partial charge in [-0.2, -0.15) is 0 Å². The monoisotopic (exact) mass is 274 g/mol. The lowest BCUT2D eigenvalue weighted by Crippen LogP contribution is -2.45. The number of rotatable bonds is 3. The predicted molar refractivity (Wildman–Crippen MR) is 70.1 cm³/mol. The SMILES string of the molecule is CC(NC(=O)C1CCC(F)(F)CC1)C1CCNCC1. The Morgan fingerprint density at radius 3 is 2.37 bits per heavy atom. The standard InChI is InChI=1S/C14H24F2N2O/c1-10(11-4-8-17-9-5-11)18-13(19)12-2-6-14(15,16)7-3-12/h10-12,17H,2-9H2,1H3,(H,18,19). The van der Waals surface area contributed by atoms with Crippen LogP contribution >= 0.6 is 0 Å². The summed E-state index contributed by atoms with van der Waals surface area (Å²) in [5.41, 5.74) is 0. The van der Waals surface area contributed by atoms with Crippen LogP contribution in [0.2, 0.25) is 0 Å². The third-order valence-electron chi connectivity index (χ3n) is 4.55. The zero-order valence-electron chi connectivity index (χ0n) is 11.6. The zero-order chi connectivity index (χ0) is 13.9. The maximum Gasteiger partial charge on any atom is 0.248 e. The summed E-state index contributed by atoms with van der Waals surface area (Å²) in [6.45, 7) is 4.03. The summed E-state index contributed by atoms with van der Waals surface area (Å²) >= 11 is 0. The molecule has 0 aromatic heterocycles. The molecule has 1 heterocycles. The van der Waals surface area contributed by atoms with Crippen molar-refractivity contribution in [2.75, 3.05) is 13.1 Å². The number of nitrogens with one attached hydrogen (secondary N) is 2. The van der Waals surface area contributed by atoms with E-state index in [4.69, 9.17) is 0 Å². The Kier molecular flexibility index (Phi) is 4.76. The molecule has 1 saturated carbocycles. The molecule has 110 valence electrons. The number of carbonyl (C=O) groups is 1. The van der Waals surface area contributed by atoms with Gasteiger partial charge in [0, 0.05) is 24.8 Å². The highest BCUT2D eigenvalue weighted by Gasteiger charge is 2.37. The van der Waals surface area contributed by atoms with Crippen LogP contribution in [0.5, 0.6) is 0 Å². The molecule has 0 spiro atoms. The van der Waals surface area contributed by atoms with Gasteiger partial charge in [-0.3, -0.25) is 4.79 Å². The van der Waals surface area contributed by atoms with Gasteiger partial charge in [0.2, 0.25) is 11.8 Å². The molecule has 19 heavy (non-hydrogen) atoms. The molecule has 1 aliphatic carbocycles. The topological polar surface area (TPSA) is 41.1 Å². The minimum atomic E-state index is -2.56. The molecule has 2 N–H and O–H groups in total. The van der Waals surface area contributed by atoms with E-state index in [2.05, 4.69) is 10.6 Å². The smallest absolute Gasteiger partial charge is 0.248 e. The fraction of sp³-hybridized carbons (Fsp3) is 0.929. The quantitative estimate of drug-likeness (QED) is 0.829. The molecule has 2 aliphatic rings. The molecule has 5 heteroatoms. The van der Waals surface area contributed by atoms with E-state index in [1.807, 2.05) is 6.92 Å². The summed E-state index contributed by atoms with van der Waals surface area (Å²) in [6.07, 6.45) is 2.49. The van der Waals surface area contributed by atoms with E-state index in [0.717, 1.165) is 25.9 Å². The van der Waals surface area contributed by atoms with Crippen molar-refractivity contribution in [1.82, 2.24) is 10.6 Å². The third-order valence-corrected chi connectivity index (χ3v) is 4.55. The van der Waals surface area contributed by atoms with E-state index < -0.39 is 5.92 Å². The second-order valence-electron chi connectivity index (χ2n) is 6.01. The third kappa shape index (κ3) is 4.13. The van der Waals surface area contributed by atoms with Gasteiger partial charge in [0.05, 0.1) is 0 Å². The summed E-state index contributed by atoms with van der Waals surface area (Å²) in [4.78, 5) is 12.1. The Labute approximate surface area is 113 Å². The van der Waals surface area contributed by atoms with Crippen LogP contribution in [-0.4, -0.2) is 31.0 Å². The van der Waals surface area contributed by atoms with E-state index in [-0.39, 0.29) is 30.7 Å². The van der Waals surface area contributed by atoms with Gasteiger partial charge in [-0.25, -0.2) is 8.78 Å². The molecule has 2 rings (SSSR count). The Bertz CT molecular complexity index is 307. The lowest BCUT2D eigenvalue weighted by Gasteiger charge is -2.32. The highest BCUT2D eigenvalue weighted by molar-refractivity contribution is 5.79. The highest BCUT2D eigenvalue weighted by Crippen LogP contribution is 2.36. The number of carbonyl (C=O) groups excluding carboxylic acids is 1. The maximum absolute atomic E-state index is 13.1. The average Bonchev–Trinajstić information content (AvgIpc) is 2.39. The van der Waals surface area contributed by atoms with Crippen molar-refractivity contribution >= 4 is 5.91 Å². The molecule has 0 aromatic carbocycles. The first-order valence-electron chi connectivity index (χ1n) is 7.37. The molecule has 1 atom stereocenters. The van der Waals surface area contributed by atoms with Gasteiger partial charge in [0.15, 0.2) is 0 Å². The van der Waals surface area contributed by atoms with Gasteiger partial charge in [-0.05, 0) is 51.6 Å². The maximum atomic E-state index is 13.1. The first-order valence-corrected chi connectivity index (χ1v) is 7.37. The van der Waals surface area contributed by atoms with Crippen molar-refractivity contribution in [3.63, 3.8) is 0 Å². The van der Waals surface area contributed by atoms with Gasteiger partial charge in [-0.15, -0.1) is 0 Å². The van der Waals surface area contributed by atoms with Gasteiger partial charge < -0.3 is 10.6 Å². The first kappa shape index (κ1) is 14.7. The van der Waals surface area contributed by atoms with Crippen LogP contribution in [0.15, 0.2) is 0 Å². The summed E-state index contributed by atoms with van der Waals surface area (Å²) < 4.78 is 26.1. The highest BCUT2D eigenvalue weighted by atomic mass is 19.3. The van der Waals surface area contributed by atoms with Crippen LogP contribution in [0.25, 0.3) is 0 Å². The number of halogens is 2. The molecule has 1 amide bonds. The Morgan fingerprint density at radius 1 is 1.21 bits per heavy atom. The van der Waals surface area contributed by atoms with Crippen LogP contribution in [-0.2, 0) is 4.79 Å². The van der Waals surface area contributed by atoms with E-state index in [0.29, 0.717) is 18.8 Å². The van der Waals surface area contributed by atoms with E-state index in [9.17, 15) is 13.6 Å². The van der Waals surface area contributed by atoms with Crippen molar-refractivity contribution in [3.8, 4) is 0 Å². The van der Waals surface area contributed by atoms with Crippen molar-refractivity contribution in [1.29, 1.82) is 0 Å². The molecule has 0 bridgehead atoms. The number of hydrogen-bond acceptors (Lipinski definition) is 2. The molecule has 3 nitrogen and oxygen atoms in total. The fourth-order valence-corrected chi connectivity index (χ4v) is 3.11. The minimum absolute atomic E-state index is 0.0264. The molecule has 1 unspecified atom stereocenters. The first-order chi connectivity index (χ1) is 8.98. The number of hydrogen-bond donors (Lipinski definition) is 2. The number of piperidine rings is 1. The Hall–Kier alpha value is -0.710. The lowest BCUT2D eigenvalue weighted by atomic mass is 9.85. The van der Waals surface area contributed by atoms with Crippen molar-refractivity contribution in [2.45, 2.75) is 57.4 Å². The summed E-state index contributed by atoms with van der Waals surface area (Å²) in [5, 5.41) is 6.33. The Balaban J connectivity index is 1.77. The van der Waals surface area contributed by atoms with Crippen molar-refractivity contribution < 1.29 is 13.6 Å². The van der Waals surface area contributed by atoms with Crippen molar-refractivity contribution in [2.24, 2.45) is 11.8 Å². The van der Waals surface area contributed by atoms with Gasteiger partial charge >= 0.3 is 0 Å². The van der Waals surface area contributed by atoms with Crippen LogP contribution < -0.4 is 10.6 Å². The van der Waals surface area contributed by atoms with Crippen LogP contribution in [0.3, 0.4) is 0 Å². The van der Waals surface area contributed by atoms with Crippen molar-refractivity contribution in [3.05, 3.63) is 0 Å². The lowest BCUT2D eigenvalue weighted by molar-refractivity contribution is -0.130. The largest absolute Gasteiger partial charge is 0.353 e. The molecule has 0 aromatic rings. The molecule has 1 aliphatic heterocycles. The van der Waals surface area contributed by atoms with Gasteiger partial charge in [0.25, 0.3) is 0 Å². The summed E-state index contributed by atoms with van der Waals surface area (Å²) in [6, 6.07) is 0.150. The fourth-order valence-electron chi connectivity index (χ4n) is 3.11. The zero-order valence-corrected chi connectivity index (χ0v) is 11.6. The van der Waals surface area contributed by atoms with Crippen LogP contribution in [0.4, 0.5) is 8.78 Å². The number of alkyl halides is 2. The van der Waals surface area contributed by atoms with E-state index in [1.54, 1.807) is 0 Å². The van der Waals surface area contributed by atoms with Gasteiger partial charge in [-0.1, -0.05) is 0 Å². The molecular formula is C14H24F2N2O. The van der Waals surface area contributed by atoms with E-state index in [1.165, 1.54) is 0 Å². The summed E-state index contributed by atoms with van der Waals surface area (Å²) in [5.74, 6) is -2.29. The second kappa shape index (κ2) is 6.16. The van der Waals surface area contributed by atoms with E-state index >= 15 is 0 Å². The van der Waals surface area contributed by atoms with Crippen LogP contribution in [0.1, 0.15) is 45.4 Å². The predicted octanol–water partition coefficient (Wildman–Crippen LogP) is 2.32. The minimum Gasteiger partial charge on any atom is -0.353 e. The molecule has 2 fully saturated rings.